The zero-order valence-electron chi connectivity index (χ0n) is 18.9. The van der Waals surface area contributed by atoms with E-state index in [4.69, 9.17) is 11.6 Å². The Morgan fingerprint density at radius 3 is 2.77 bits per heavy atom. The van der Waals surface area contributed by atoms with E-state index < -0.39 is 11.6 Å². The van der Waals surface area contributed by atoms with Gasteiger partial charge >= 0.3 is 0 Å². The Balaban J connectivity index is 1.51. The first kappa shape index (κ1) is 23.2. The largest absolute Gasteiger partial charge is 0.330 e. The fourth-order valence-electron chi connectivity index (χ4n) is 4.53. The minimum absolute atomic E-state index is 0.0805. The molecule has 1 N–H and O–H groups in total. The van der Waals surface area contributed by atoms with E-state index in [1.807, 2.05) is 6.92 Å². The Morgan fingerprint density at radius 1 is 1.17 bits per heavy atom. The number of aromatic nitrogens is 4. The fourth-order valence-corrected chi connectivity index (χ4v) is 4.69. The van der Waals surface area contributed by atoms with Crippen LogP contribution >= 0.6 is 11.6 Å². The van der Waals surface area contributed by atoms with Crippen molar-refractivity contribution in [2.75, 3.05) is 6.54 Å². The molecule has 7 nitrogen and oxygen atoms in total. The maximum absolute atomic E-state index is 13.9. The van der Waals surface area contributed by atoms with Crippen molar-refractivity contribution in [2.45, 2.75) is 39.2 Å². The molecule has 10 heteroatoms. The number of fused-ring (bicyclic) bond motifs is 2. The molecule has 0 bridgehead atoms. The summed E-state index contributed by atoms with van der Waals surface area (Å²) < 4.78 is 28.9. The molecular formula is C25H22ClF2N5O2. The van der Waals surface area contributed by atoms with E-state index in [9.17, 15) is 18.4 Å². The van der Waals surface area contributed by atoms with E-state index in [0.717, 1.165) is 29.8 Å². The first-order valence-corrected chi connectivity index (χ1v) is 11.8. The van der Waals surface area contributed by atoms with Crippen molar-refractivity contribution in [1.29, 1.82) is 0 Å². The molecule has 2 aromatic heterocycles. The Hall–Kier alpha value is -3.59. The predicted molar refractivity (Wildman–Crippen MR) is 128 cm³/mol. The van der Waals surface area contributed by atoms with Gasteiger partial charge in [-0.1, -0.05) is 18.5 Å². The third kappa shape index (κ3) is 4.32. The molecule has 0 unspecified atom stereocenters. The van der Waals surface area contributed by atoms with Gasteiger partial charge in [0.05, 0.1) is 23.1 Å². The van der Waals surface area contributed by atoms with E-state index in [1.54, 1.807) is 23.1 Å². The molecule has 0 saturated carbocycles. The highest BCUT2D eigenvalue weighted by Gasteiger charge is 2.30. The van der Waals surface area contributed by atoms with Crippen LogP contribution in [0.15, 0.2) is 41.2 Å². The third-order valence-electron chi connectivity index (χ3n) is 6.12. The Morgan fingerprint density at radius 2 is 2.00 bits per heavy atom. The van der Waals surface area contributed by atoms with Crippen LogP contribution in [-0.4, -0.2) is 37.1 Å². The molecule has 5 rings (SSSR count). The van der Waals surface area contributed by atoms with Gasteiger partial charge in [-0.2, -0.15) is 5.10 Å². The number of amides is 1. The molecule has 2 aromatic carbocycles. The number of nitrogens with zero attached hydrogens (tertiary/aromatic N) is 4. The van der Waals surface area contributed by atoms with E-state index >= 15 is 0 Å². The van der Waals surface area contributed by atoms with Gasteiger partial charge < -0.3 is 9.88 Å². The van der Waals surface area contributed by atoms with Crippen molar-refractivity contribution in [3.63, 3.8) is 0 Å². The van der Waals surface area contributed by atoms with Crippen LogP contribution in [0.4, 0.5) is 8.78 Å². The second kappa shape index (κ2) is 9.22. The second-order valence-electron chi connectivity index (χ2n) is 8.54. The van der Waals surface area contributed by atoms with Crippen LogP contribution in [0.25, 0.3) is 16.6 Å². The number of hydrogen-bond donors (Lipinski definition) is 1. The molecule has 1 aliphatic carbocycles. The molecule has 4 aromatic rings. The number of H-pyrrole nitrogens is 1. The van der Waals surface area contributed by atoms with Gasteiger partial charge in [-0.3, -0.25) is 9.59 Å². The lowest BCUT2D eigenvalue weighted by Gasteiger charge is -2.21. The van der Waals surface area contributed by atoms with Gasteiger partial charge in [0.1, 0.15) is 5.82 Å². The van der Waals surface area contributed by atoms with Crippen LogP contribution in [0.5, 0.6) is 0 Å². The lowest BCUT2D eigenvalue weighted by atomic mass is 10.1. The van der Waals surface area contributed by atoms with Crippen molar-refractivity contribution in [3.05, 3.63) is 86.2 Å². The van der Waals surface area contributed by atoms with Crippen molar-refractivity contribution in [1.82, 2.24) is 24.6 Å². The fraction of sp³-hybridized carbons (Fsp3) is 0.280. The van der Waals surface area contributed by atoms with Gasteiger partial charge in [0.25, 0.3) is 11.5 Å². The minimum atomic E-state index is -0.975. The number of halogens is 3. The Bertz CT molecular complexity index is 1510. The molecule has 1 amide bonds. The first-order chi connectivity index (χ1) is 16.9. The minimum Gasteiger partial charge on any atom is -0.330 e. The summed E-state index contributed by atoms with van der Waals surface area (Å²) in [7, 11) is 0. The molecule has 2 heterocycles. The summed E-state index contributed by atoms with van der Waals surface area (Å²) in [6.45, 7) is 2.45. The lowest BCUT2D eigenvalue weighted by molar-refractivity contribution is 0.0731. The highest BCUT2D eigenvalue weighted by Crippen LogP contribution is 2.29. The maximum Gasteiger partial charge on any atom is 0.275 e. The lowest BCUT2D eigenvalue weighted by Crippen LogP contribution is -2.33. The summed E-state index contributed by atoms with van der Waals surface area (Å²) in [6.07, 6.45) is 2.87. The average molecular weight is 498 g/mol. The summed E-state index contributed by atoms with van der Waals surface area (Å²) in [5.41, 5.74) is 2.41. The van der Waals surface area contributed by atoms with Gasteiger partial charge in [-0.15, -0.1) is 0 Å². The van der Waals surface area contributed by atoms with E-state index in [0.29, 0.717) is 53.2 Å². The van der Waals surface area contributed by atoms with Gasteiger partial charge in [0.2, 0.25) is 0 Å². The quantitative estimate of drug-likeness (QED) is 0.422. The van der Waals surface area contributed by atoms with Crippen LogP contribution in [0.1, 0.15) is 47.3 Å². The summed E-state index contributed by atoms with van der Waals surface area (Å²) in [5, 5.41) is 5.39. The van der Waals surface area contributed by atoms with E-state index in [2.05, 4.69) is 15.1 Å². The molecule has 0 aliphatic heterocycles. The van der Waals surface area contributed by atoms with Gasteiger partial charge in [0, 0.05) is 28.9 Å². The number of hydrogen-bond acceptors (Lipinski definition) is 4. The second-order valence-corrected chi connectivity index (χ2v) is 8.97. The van der Waals surface area contributed by atoms with Crippen LogP contribution in [0.2, 0.25) is 5.02 Å². The number of benzene rings is 2. The molecule has 35 heavy (non-hydrogen) atoms. The van der Waals surface area contributed by atoms with Gasteiger partial charge in [-0.25, -0.2) is 18.4 Å². The zero-order chi connectivity index (χ0) is 24.7. The molecule has 0 spiro atoms. The van der Waals surface area contributed by atoms with Crippen molar-refractivity contribution >= 4 is 28.4 Å². The number of carbonyl (C=O) groups excluding carboxylic acids is 1. The molecular weight excluding hydrogens is 476 g/mol. The average Bonchev–Trinajstić information content (AvgIpc) is 3.43. The Kier molecular flexibility index (Phi) is 6.10. The molecule has 0 radical (unpaired) electrons. The molecule has 180 valence electrons. The number of nitrogens with one attached hydrogen (secondary N) is 1. The number of carbonyl (C=O) groups is 1. The zero-order valence-corrected chi connectivity index (χ0v) is 19.7. The smallest absolute Gasteiger partial charge is 0.275 e. The topological polar surface area (TPSA) is 83.9 Å². The monoisotopic (exact) mass is 497 g/mol. The standard InChI is InChI=1S/C25H22ClF2N5O2/c1-2-10-32(13-22-29-20-11-14(26)6-8-16(20)24(34)30-22)25(35)23-17-4-3-5-21(17)33(31-23)15-7-9-18(27)19(28)12-15/h6-9,11-12H,2-5,10,13H2,1H3,(H,29,30,34). The maximum atomic E-state index is 13.9. The SMILES string of the molecule is CCCN(Cc1nc2cc(Cl)ccc2c(=O)[nH]1)C(=O)c1nn(-c2ccc(F)c(F)c2)c2c1CCC2. The van der Waals surface area contributed by atoms with Crippen molar-refractivity contribution in [3.8, 4) is 5.69 Å². The number of aromatic amines is 1. The first-order valence-electron chi connectivity index (χ1n) is 11.4. The van der Waals surface area contributed by atoms with Crippen LogP contribution < -0.4 is 5.56 Å². The molecule has 0 atom stereocenters. The molecule has 0 saturated heterocycles. The van der Waals surface area contributed by atoms with Crippen molar-refractivity contribution in [2.24, 2.45) is 0 Å². The Labute approximate surface area is 204 Å². The highest BCUT2D eigenvalue weighted by atomic mass is 35.5. The summed E-state index contributed by atoms with van der Waals surface area (Å²) in [5.74, 6) is -1.89. The normalized spacial score (nSPS) is 12.8. The van der Waals surface area contributed by atoms with Crippen LogP contribution in [0, 0.1) is 11.6 Å². The third-order valence-corrected chi connectivity index (χ3v) is 6.35. The predicted octanol–water partition coefficient (Wildman–Crippen LogP) is 4.58. The van der Waals surface area contributed by atoms with E-state index in [1.165, 1.54) is 10.7 Å². The van der Waals surface area contributed by atoms with Crippen molar-refractivity contribution < 1.29 is 13.6 Å². The molecule has 1 aliphatic rings. The van der Waals surface area contributed by atoms with Gasteiger partial charge in [0.15, 0.2) is 17.3 Å². The summed E-state index contributed by atoms with van der Waals surface area (Å²) in [6, 6.07) is 8.41. The van der Waals surface area contributed by atoms with Crippen LogP contribution in [0.3, 0.4) is 0 Å². The summed E-state index contributed by atoms with van der Waals surface area (Å²) >= 11 is 6.06. The summed E-state index contributed by atoms with van der Waals surface area (Å²) in [4.78, 5) is 35.0. The van der Waals surface area contributed by atoms with Gasteiger partial charge in [-0.05, 0) is 56.0 Å². The molecule has 0 fully saturated rings. The number of rotatable bonds is 6. The van der Waals surface area contributed by atoms with E-state index in [-0.39, 0.29) is 23.7 Å². The van der Waals surface area contributed by atoms with Crippen LogP contribution in [-0.2, 0) is 19.4 Å². The highest BCUT2D eigenvalue weighted by molar-refractivity contribution is 6.31.